The van der Waals surface area contributed by atoms with Gasteiger partial charge in [-0.2, -0.15) is 0 Å². The molecule has 0 amide bonds. The first-order chi connectivity index (χ1) is 7.31. The van der Waals surface area contributed by atoms with Crippen LogP contribution < -0.4 is 0 Å². The van der Waals surface area contributed by atoms with Gasteiger partial charge in [0.2, 0.25) is 5.78 Å². The Kier molecular flexibility index (Phi) is 2.51. The molecule has 0 fully saturated rings. The summed E-state index contributed by atoms with van der Waals surface area (Å²) in [5.74, 6) is 1.96. The number of benzene rings is 2. The molecule has 0 heterocycles. The van der Waals surface area contributed by atoms with Crippen molar-refractivity contribution in [2.75, 3.05) is 0 Å². The van der Waals surface area contributed by atoms with E-state index in [1.165, 1.54) is 0 Å². The van der Waals surface area contributed by atoms with E-state index in [0.717, 1.165) is 16.3 Å². The largest absolute Gasteiger partial charge is 0.285 e. The van der Waals surface area contributed by atoms with E-state index in [0.29, 0.717) is 6.42 Å². The van der Waals surface area contributed by atoms with E-state index in [-0.39, 0.29) is 5.78 Å². The lowest BCUT2D eigenvalue weighted by molar-refractivity contribution is -0.113. The van der Waals surface area contributed by atoms with Crippen LogP contribution >= 0.6 is 0 Å². The Bertz CT molecular complexity index is 541. The maximum Gasteiger partial charge on any atom is 0.209 e. The molecule has 0 unspecified atom stereocenters. The Balaban J connectivity index is 2.52. The van der Waals surface area contributed by atoms with Gasteiger partial charge in [0.25, 0.3) is 0 Å². The highest BCUT2D eigenvalue weighted by Gasteiger charge is 2.03. The van der Waals surface area contributed by atoms with E-state index in [1.807, 2.05) is 42.5 Å². The second-order valence-electron chi connectivity index (χ2n) is 3.38. The molecular weight excluding hydrogens is 184 g/mol. The number of hydrogen-bond donors (Lipinski definition) is 0. The number of terminal acetylenes is 1. The summed E-state index contributed by atoms with van der Waals surface area (Å²) in [5, 5.41) is 2.24. The number of ketones is 1. The van der Waals surface area contributed by atoms with Gasteiger partial charge in [0, 0.05) is 6.42 Å². The molecule has 72 valence electrons. The number of rotatable bonds is 2. The van der Waals surface area contributed by atoms with E-state index in [1.54, 1.807) is 0 Å². The maximum atomic E-state index is 11.2. The van der Waals surface area contributed by atoms with Gasteiger partial charge in [-0.1, -0.05) is 42.5 Å². The van der Waals surface area contributed by atoms with Gasteiger partial charge in [0.05, 0.1) is 0 Å². The molecule has 0 aliphatic heterocycles. The minimum Gasteiger partial charge on any atom is -0.285 e. The van der Waals surface area contributed by atoms with Gasteiger partial charge in [-0.25, -0.2) is 0 Å². The Morgan fingerprint density at radius 3 is 2.67 bits per heavy atom. The van der Waals surface area contributed by atoms with Gasteiger partial charge in [0.1, 0.15) is 0 Å². The fourth-order valence-electron chi connectivity index (χ4n) is 1.67. The van der Waals surface area contributed by atoms with E-state index in [9.17, 15) is 4.79 Å². The lowest BCUT2D eigenvalue weighted by atomic mass is 10.0. The van der Waals surface area contributed by atoms with Crippen LogP contribution in [-0.2, 0) is 11.2 Å². The van der Waals surface area contributed by atoms with E-state index >= 15 is 0 Å². The average molecular weight is 194 g/mol. The molecule has 15 heavy (non-hydrogen) atoms. The second kappa shape index (κ2) is 3.98. The minimum absolute atomic E-state index is 0.175. The van der Waals surface area contributed by atoms with Crippen LogP contribution in [-0.4, -0.2) is 5.78 Å². The Morgan fingerprint density at radius 1 is 1.13 bits per heavy atom. The summed E-state index contributed by atoms with van der Waals surface area (Å²) in [6.07, 6.45) is 5.38. The Labute approximate surface area is 88.7 Å². The summed E-state index contributed by atoms with van der Waals surface area (Å²) in [5.41, 5.74) is 0.996. The average Bonchev–Trinajstić information content (AvgIpc) is 2.29. The van der Waals surface area contributed by atoms with Crippen LogP contribution in [0.3, 0.4) is 0 Å². The highest BCUT2D eigenvalue weighted by Crippen LogP contribution is 2.18. The second-order valence-corrected chi connectivity index (χ2v) is 3.38. The first kappa shape index (κ1) is 9.48. The Morgan fingerprint density at radius 2 is 1.87 bits per heavy atom. The van der Waals surface area contributed by atoms with Crippen molar-refractivity contribution in [2.24, 2.45) is 0 Å². The van der Waals surface area contributed by atoms with Crippen molar-refractivity contribution in [3.05, 3.63) is 48.0 Å². The van der Waals surface area contributed by atoms with E-state index in [2.05, 4.69) is 5.92 Å². The quantitative estimate of drug-likeness (QED) is 0.530. The van der Waals surface area contributed by atoms with Crippen molar-refractivity contribution in [3.8, 4) is 12.3 Å². The molecule has 2 aromatic rings. The Hall–Kier alpha value is -2.07. The fourth-order valence-corrected chi connectivity index (χ4v) is 1.67. The van der Waals surface area contributed by atoms with Crippen LogP contribution in [0, 0.1) is 12.3 Å². The van der Waals surface area contributed by atoms with Crippen LogP contribution in [0.5, 0.6) is 0 Å². The predicted octanol–water partition coefficient (Wildman–Crippen LogP) is 2.58. The summed E-state index contributed by atoms with van der Waals surface area (Å²) in [4.78, 5) is 11.2. The monoisotopic (exact) mass is 194 g/mol. The van der Waals surface area contributed by atoms with Crippen molar-refractivity contribution in [2.45, 2.75) is 6.42 Å². The molecule has 0 radical (unpaired) electrons. The van der Waals surface area contributed by atoms with Crippen molar-refractivity contribution in [3.63, 3.8) is 0 Å². The zero-order valence-corrected chi connectivity index (χ0v) is 8.23. The number of Topliss-reactive ketones (excluding diaryl/α,β-unsaturated/α-hetero) is 1. The van der Waals surface area contributed by atoms with E-state index < -0.39 is 0 Å². The molecule has 2 rings (SSSR count). The van der Waals surface area contributed by atoms with Crippen molar-refractivity contribution >= 4 is 16.6 Å². The molecule has 2 aromatic carbocycles. The summed E-state index contributed by atoms with van der Waals surface area (Å²) < 4.78 is 0. The molecule has 1 heteroatoms. The van der Waals surface area contributed by atoms with Gasteiger partial charge < -0.3 is 0 Å². The zero-order chi connectivity index (χ0) is 10.7. The first-order valence-corrected chi connectivity index (χ1v) is 4.77. The van der Waals surface area contributed by atoms with Crippen molar-refractivity contribution in [1.29, 1.82) is 0 Å². The summed E-state index contributed by atoms with van der Waals surface area (Å²) >= 11 is 0. The molecule has 0 aliphatic carbocycles. The van der Waals surface area contributed by atoms with Crippen LogP contribution in [0.4, 0.5) is 0 Å². The van der Waals surface area contributed by atoms with Gasteiger partial charge >= 0.3 is 0 Å². The number of fused-ring (bicyclic) bond motifs is 1. The molecule has 0 spiro atoms. The van der Waals surface area contributed by atoms with Crippen molar-refractivity contribution in [1.82, 2.24) is 0 Å². The number of hydrogen-bond acceptors (Lipinski definition) is 1. The first-order valence-electron chi connectivity index (χ1n) is 4.77. The standard InChI is InChI=1S/C14H10O/c1-2-13(15)10-12-8-5-7-11-6-3-4-9-14(11)12/h1,3-9H,10H2. The highest BCUT2D eigenvalue weighted by atomic mass is 16.1. The highest BCUT2D eigenvalue weighted by molar-refractivity contribution is 5.99. The molecule has 0 atom stereocenters. The zero-order valence-electron chi connectivity index (χ0n) is 8.23. The molecule has 0 saturated heterocycles. The normalized spacial score (nSPS) is 9.80. The number of carbonyl (C=O) groups excluding carboxylic acids is 1. The van der Waals surface area contributed by atoms with Gasteiger partial charge in [-0.05, 0) is 22.3 Å². The van der Waals surface area contributed by atoms with Gasteiger partial charge in [-0.15, -0.1) is 6.42 Å². The van der Waals surface area contributed by atoms with Crippen LogP contribution in [0.1, 0.15) is 5.56 Å². The van der Waals surface area contributed by atoms with Crippen molar-refractivity contribution < 1.29 is 4.79 Å². The predicted molar refractivity (Wildman–Crippen MR) is 61.5 cm³/mol. The smallest absolute Gasteiger partial charge is 0.209 e. The van der Waals surface area contributed by atoms with Crippen LogP contribution in [0.25, 0.3) is 10.8 Å². The number of carbonyl (C=O) groups is 1. The lowest BCUT2D eigenvalue weighted by Crippen LogP contribution is -1.99. The summed E-state index contributed by atoms with van der Waals surface area (Å²) in [6.45, 7) is 0. The third-order valence-corrected chi connectivity index (χ3v) is 2.39. The van der Waals surface area contributed by atoms with Gasteiger partial charge in [-0.3, -0.25) is 4.79 Å². The molecule has 0 bridgehead atoms. The molecule has 0 aliphatic rings. The summed E-state index contributed by atoms with van der Waals surface area (Å²) in [7, 11) is 0. The van der Waals surface area contributed by atoms with E-state index in [4.69, 9.17) is 6.42 Å². The summed E-state index contributed by atoms with van der Waals surface area (Å²) in [6, 6.07) is 13.9. The SMILES string of the molecule is C#CC(=O)Cc1cccc2ccccc12. The van der Waals surface area contributed by atoms with Crippen LogP contribution in [0.2, 0.25) is 0 Å². The fraction of sp³-hybridized carbons (Fsp3) is 0.0714. The van der Waals surface area contributed by atoms with Crippen LogP contribution in [0.15, 0.2) is 42.5 Å². The van der Waals surface area contributed by atoms with Gasteiger partial charge in [0.15, 0.2) is 0 Å². The molecule has 1 nitrogen and oxygen atoms in total. The molecule has 0 aromatic heterocycles. The minimum atomic E-state index is -0.175. The third kappa shape index (κ3) is 1.89. The topological polar surface area (TPSA) is 17.1 Å². The lowest BCUT2D eigenvalue weighted by Gasteiger charge is -2.03. The molecular formula is C14H10O. The third-order valence-electron chi connectivity index (χ3n) is 2.39. The molecule has 0 saturated carbocycles. The molecule has 0 N–H and O–H groups in total. The maximum absolute atomic E-state index is 11.2.